The van der Waals surface area contributed by atoms with Crippen molar-refractivity contribution in [1.29, 1.82) is 0 Å². The summed E-state index contributed by atoms with van der Waals surface area (Å²) in [6.07, 6.45) is 1.12. The molecule has 0 aliphatic carbocycles. The summed E-state index contributed by atoms with van der Waals surface area (Å²) in [7, 11) is 0. The molecule has 0 amide bonds. The second-order valence-corrected chi connectivity index (χ2v) is 4.71. The number of fused-ring (bicyclic) bond motifs is 1. The summed E-state index contributed by atoms with van der Waals surface area (Å²) in [6, 6.07) is 10.4. The number of hydrogen-bond donors (Lipinski definition) is 1. The molecule has 0 saturated heterocycles. The first-order valence-electron chi connectivity index (χ1n) is 5.10. The minimum Gasteiger partial charge on any atom is -0.370 e. The molecule has 1 aromatic heterocycles. The molecule has 78 valence electrons. The zero-order chi connectivity index (χ0) is 10.7. The van der Waals surface area contributed by atoms with Crippen molar-refractivity contribution >= 4 is 39.3 Å². The highest BCUT2D eigenvalue weighted by Gasteiger charge is 1.97. The normalized spacial score (nSPS) is 10.5. The van der Waals surface area contributed by atoms with Crippen LogP contribution in [0.1, 0.15) is 13.3 Å². The Hall–Kier alpha value is -0.840. The Bertz CT molecular complexity index is 468. The van der Waals surface area contributed by atoms with Crippen molar-refractivity contribution in [2.24, 2.45) is 0 Å². The predicted molar refractivity (Wildman–Crippen MR) is 73.2 cm³/mol. The number of nitrogens with one attached hydrogen (secondary N) is 1. The monoisotopic (exact) mass is 312 g/mol. The van der Waals surface area contributed by atoms with Crippen molar-refractivity contribution in [3.8, 4) is 0 Å². The van der Waals surface area contributed by atoms with Crippen LogP contribution >= 0.6 is 22.6 Å². The van der Waals surface area contributed by atoms with Crippen molar-refractivity contribution < 1.29 is 0 Å². The van der Waals surface area contributed by atoms with Gasteiger partial charge in [0.05, 0.1) is 5.52 Å². The molecular weight excluding hydrogens is 299 g/mol. The molecular formula is C12H13IN2. The van der Waals surface area contributed by atoms with Crippen LogP contribution in [0.25, 0.3) is 10.9 Å². The van der Waals surface area contributed by atoms with Gasteiger partial charge in [0, 0.05) is 15.5 Å². The molecule has 0 fully saturated rings. The highest BCUT2D eigenvalue weighted by molar-refractivity contribution is 14.1. The molecule has 1 aromatic carbocycles. The largest absolute Gasteiger partial charge is 0.370 e. The number of hydrogen-bond acceptors (Lipinski definition) is 2. The number of halogens is 1. The van der Waals surface area contributed by atoms with Crippen molar-refractivity contribution in [3.63, 3.8) is 0 Å². The van der Waals surface area contributed by atoms with Crippen LogP contribution in [0.5, 0.6) is 0 Å². The van der Waals surface area contributed by atoms with Gasteiger partial charge >= 0.3 is 0 Å². The summed E-state index contributed by atoms with van der Waals surface area (Å²) in [5.41, 5.74) is 1.05. The zero-order valence-electron chi connectivity index (χ0n) is 8.63. The SMILES string of the molecule is CCCNc1ccc2cc(I)ccc2n1. The van der Waals surface area contributed by atoms with E-state index in [0.29, 0.717) is 0 Å². The fraction of sp³-hybridized carbons (Fsp3) is 0.250. The van der Waals surface area contributed by atoms with Gasteiger partial charge in [0.2, 0.25) is 0 Å². The summed E-state index contributed by atoms with van der Waals surface area (Å²) < 4.78 is 1.25. The van der Waals surface area contributed by atoms with Crippen molar-refractivity contribution in [3.05, 3.63) is 33.9 Å². The second-order valence-electron chi connectivity index (χ2n) is 3.46. The summed E-state index contributed by atoms with van der Waals surface area (Å²) in [4.78, 5) is 4.54. The highest BCUT2D eigenvalue weighted by Crippen LogP contribution is 2.17. The van der Waals surface area contributed by atoms with Gasteiger partial charge in [-0.25, -0.2) is 4.98 Å². The van der Waals surface area contributed by atoms with E-state index in [-0.39, 0.29) is 0 Å². The van der Waals surface area contributed by atoms with Gasteiger partial charge in [-0.05, 0) is 59.3 Å². The van der Waals surface area contributed by atoms with Gasteiger partial charge in [-0.2, -0.15) is 0 Å². The lowest BCUT2D eigenvalue weighted by molar-refractivity contribution is 0.972. The maximum atomic E-state index is 4.54. The smallest absolute Gasteiger partial charge is 0.126 e. The number of aromatic nitrogens is 1. The fourth-order valence-corrected chi connectivity index (χ4v) is 1.96. The molecule has 2 nitrogen and oxygen atoms in total. The zero-order valence-corrected chi connectivity index (χ0v) is 10.8. The number of anilines is 1. The predicted octanol–water partition coefficient (Wildman–Crippen LogP) is 3.66. The highest BCUT2D eigenvalue weighted by atomic mass is 127. The van der Waals surface area contributed by atoms with E-state index in [1.165, 1.54) is 8.96 Å². The van der Waals surface area contributed by atoms with E-state index in [1.54, 1.807) is 0 Å². The van der Waals surface area contributed by atoms with Gasteiger partial charge in [0.25, 0.3) is 0 Å². The van der Waals surface area contributed by atoms with E-state index in [2.05, 4.69) is 64.1 Å². The minimum absolute atomic E-state index is 0.963. The summed E-state index contributed by atoms with van der Waals surface area (Å²) in [5, 5.41) is 4.49. The quantitative estimate of drug-likeness (QED) is 0.875. The van der Waals surface area contributed by atoms with Crippen LogP contribution in [-0.2, 0) is 0 Å². The number of pyridine rings is 1. The van der Waals surface area contributed by atoms with Crippen molar-refractivity contribution in [1.82, 2.24) is 4.98 Å². The van der Waals surface area contributed by atoms with Crippen LogP contribution in [0.15, 0.2) is 30.3 Å². The average Bonchev–Trinajstić information content (AvgIpc) is 2.26. The average molecular weight is 312 g/mol. The second kappa shape index (κ2) is 4.79. The molecule has 0 aliphatic heterocycles. The Labute approximate surface area is 103 Å². The first-order chi connectivity index (χ1) is 7.29. The summed E-state index contributed by atoms with van der Waals surface area (Å²) in [5.74, 6) is 0.963. The maximum absolute atomic E-state index is 4.54. The van der Waals surface area contributed by atoms with Crippen LogP contribution < -0.4 is 5.32 Å². The van der Waals surface area contributed by atoms with Gasteiger partial charge in [-0.1, -0.05) is 6.92 Å². The van der Waals surface area contributed by atoms with Gasteiger partial charge in [0.1, 0.15) is 5.82 Å². The van der Waals surface area contributed by atoms with Crippen molar-refractivity contribution in [2.45, 2.75) is 13.3 Å². The van der Waals surface area contributed by atoms with Gasteiger partial charge < -0.3 is 5.32 Å². The molecule has 0 aliphatic rings. The molecule has 15 heavy (non-hydrogen) atoms. The Morgan fingerprint density at radius 2 is 2.13 bits per heavy atom. The molecule has 0 spiro atoms. The van der Waals surface area contributed by atoms with Crippen LogP contribution in [0, 0.1) is 3.57 Å². The van der Waals surface area contributed by atoms with Crippen molar-refractivity contribution in [2.75, 3.05) is 11.9 Å². The third kappa shape index (κ3) is 2.59. The molecule has 1 N–H and O–H groups in total. The van der Waals surface area contributed by atoms with Crippen LogP contribution in [0.2, 0.25) is 0 Å². The van der Waals surface area contributed by atoms with Gasteiger partial charge in [0.15, 0.2) is 0 Å². The Balaban J connectivity index is 2.34. The topological polar surface area (TPSA) is 24.9 Å². The molecule has 0 saturated carbocycles. The van der Waals surface area contributed by atoms with Crippen LogP contribution in [0.3, 0.4) is 0 Å². The van der Waals surface area contributed by atoms with E-state index < -0.39 is 0 Å². The molecule has 3 heteroatoms. The molecule has 0 bridgehead atoms. The minimum atomic E-state index is 0.963. The van der Waals surface area contributed by atoms with E-state index >= 15 is 0 Å². The fourth-order valence-electron chi connectivity index (χ4n) is 1.45. The van der Waals surface area contributed by atoms with Crippen LogP contribution in [-0.4, -0.2) is 11.5 Å². The van der Waals surface area contributed by atoms with E-state index in [1.807, 2.05) is 6.07 Å². The lowest BCUT2D eigenvalue weighted by Crippen LogP contribution is -2.01. The third-order valence-electron chi connectivity index (χ3n) is 2.21. The lowest BCUT2D eigenvalue weighted by Gasteiger charge is -2.05. The summed E-state index contributed by atoms with van der Waals surface area (Å²) >= 11 is 2.32. The number of nitrogens with zero attached hydrogens (tertiary/aromatic N) is 1. The standard InChI is InChI=1S/C12H13IN2/c1-2-7-14-12-6-3-9-8-10(13)4-5-11(9)15-12/h3-6,8H,2,7H2,1H3,(H,14,15). The Kier molecular flexibility index (Phi) is 3.41. The molecule has 2 rings (SSSR count). The van der Waals surface area contributed by atoms with E-state index in [0.717, 1.165) is 24.3 Å². The third-order valence-corrected chi connectivity index (χ3v) is 2.88. The molecule has 0 atom stereocenters. The van der Waals surface area contributed by atoms with E-state index in [4.69, 9.17) is 0 Å². The molecule has 0 radical (unpaired) electrons. The molecule has 2 aromatic rings. The van der Waals surface area contributed by atoms with Gasteiger partial charge in [-0.3, -0.25) is 0 Å². The van der Waals surface area contributed by atoms with Gasteiger partial charge in [-0.15, -0.1) is 0 Å². The van der Waals surface area contributed by atoms with Crippen LogP contribution in [0.4, 0.5) is 5.82 Å². The summed E-state index contributed by atoms with van der Waals surface area (Å²) in [6.45, 7) is 3.12. The van der Waals surface area contributed by atoms with E-state index in [9.17, 15) is 0 Å². The number of rotatable bonds is 3. The lowest BCUT2D eigenvalue weighted by atomic mass is 10.2. The maximum Gasteiger partial charge on any atom is 0.126 e. The first-order valence-corrected chi connectivity index (χ1v) is 6.17. The molecule has 0 unspecified atom stereocenters. The number of benzene rings is 1. The Morgan fingerprint density at radius 3 is 2.93 bits per heavy atom. The first kappa shape index (κ1) is 10.7. The Morgan fingerprint density at radius 1 is 1.27 bits per heavy atom. The molecule has 1 heterocycles.